The highest BCUT2D eigenvalue weighted by molar-refractivity contribution is 5.47. The summed E-state index contributed by atoms with van der Waals surface area (Å²) in [4.78, 5) is 2.28. The molecule has 1 saturated carbocycles. The molecule has 1 unspecified atom stereocenters. The van der Waals surface area contributed by atoms with E-state index in [4.69, 9.17) is 5.73 Å². The molecule has 2 rings (SSSR count). The first kappa shape index (κ1) is 11.3. The Bertz CT molecular complexity index is 374. The van der Waals surface area contributed by atoms with Crippen molar-refractivity contribution in [2.45, 2.75) is 32.4 Å². The summed E-state index contributed by atoms with van der Waals surface area (Å²) in [7, 11) is 2.10. The van der Waals surface area contributed by atoms with Crippen LogP contribution < -0.4 is 5.73 Å². The molecular weight excluding hydrogens is 200 g/mol. The normalized spacial score (nSPS) is 17.7. The molecule has 3 nitrogen and oxygen atoms in total. The van der Waals surface area contributed by atoms with Crippen LogP contribution in [0.5, 0.6) is 5.75 Å². The zero-order valence-corrected chi connectivity index (χ0v) is 9.98. The summed E-state index contributed by atoms with van der Waals surface area (Å²) in [5.41, 5.74) is 7.34. The van der Waals surface area contributed by atoms with Gasteiger partial charge in [-0.25, -0.2) is 0 Å². The molecule has 88 valence electrons. The number of hydrogen-bond donors (Lipinski definition) is 2. The number of nitrogens with zero attached hydrogens (tertiary/aromatic N) is 1. The number of nitrogens with two attached hydrogens (primary N) is 1. The first-order valence-corrected chi connectivity index (χ1v) is 5.85. The maximum atomic E-state index is 9.74. The number of anilines is 1. The smallest absolute Gasteiger partial charge is 0.120 e. The molecule has 0 heterocycles. The summed E-state index contributed by atoms with van der Waals surface area (Å²) in [6, 6.07) is 5.83. The predicted molar refractivity (Wildman–Crippen MR) is 66.2 cm³/mol. The van der Waals surface area contributed by atoms with Gasteiger partial charge in [-0.3, -0.25) is 4.90 Å². The van der Waals surface area contributed by atoms with Crippen LogP contribution in [0.25, 0.3) is 0 Å². The second-order valence-electron chi connectivity index (χ2n) is 4.88. The number of aromatic hydroxyl groups is 1. The van der Waals surface area contributed by atoms with Crippen molar-refractivity contribution in [3.8, 4) is 5.75 Å². The molecule has 1 aromatic carbocycles. The summed E-state index contributed by atoms with van der Waals surface area (Å²) in [6.07, 6.45) is 2.68. The molecule has 3 heteroatoms. The number of rotatable bonds is 4. The van der Waals surface area contributed by atoms with Gasteiger partial charge in [0.25, 0.3) is 0 Å². The van der Waals surface area contributed by atoms with Crippen molar-refractivity contribution in [2.75, 3.05) is 12.8 Å². The number of benzene rings is 1. The van der Waals surface area contributed by atoms with Gasteiger partial charge in [0.2, 0.25) is 0 Å². The largest absolute Gasteiger partial charge is 0.508 e. The molecule has 0 aromatic heterocycles. The number of phenols is 1. The molecule has 0 amide bonds. The van der Waals surface area contributed by atoms with Crippen molar-refractivity contribution in [3.05, 3.63) is 23.8 Å². The van der Waals surface area contributed by atoms with Crippen LogP contribution in [0.15, 0.2) is 18.2 Å². The third-order valence-electron chi connectivity index (χ3n) is 3.52. The minimum atomic E-state index is 0.337. The Kier molecular flexibility index (Phi) is 3.06. The zero-order valence-electron chi connectivity index (χ0n) is 9.98. The van der Waals surface area contributed by atoms with Gasteiger partial charge in [0.05, 0.1) is 0 Å². The Labute approximate surface area is 96.9 Å². The Morgan fingerprint density at radius 3 is 2.81 bits per heavy atom. The molecule has 1 atom stereocenters. The van der Waals surface area contributed by atoms with Gasteiger partial charge < -0.3 is 10.8 Å². The average molecular weight is 220 g/mol. The maximum Gasteiger partial charge on any atom is 0.120 e. The summed E-state index contributed by atoms with van der Waals surface area (Å²) >= 11 is 0. The lowest BCUT2D eigenvalue weighted by Gasteiger charge is -2.25. The topological polar surface area (TPSA) is 49.5 Å². The SMILES string of the molecule is CC(C1CC1)N(C)Cc1cc(N)ccc1O. The van der Waals surface area contributed by atoms with Gasteiger partial charge >= 0.3 is 0 Å². The lowest BCUT2D eigenvalue weighted by molar-refractivity contribution is 0.224. The quantitative estimate of drug-likeness (QED) is 0.604. The van der Waals surface area contributed by atoms with Gasteiger partial charge in [-0.05, 0) is 50.9 Å². The minimum Gasteiger partial charge on any atom is -0.508 e. The van der Waals surface area contributed by atoms with Gasteiger partial charge in [-0.2, -0.15) is 0 Å². The third-order valence-corrected chi connectivity index (χ3v) is 3.52. The first-order chi connectivity index (χ1) is 7.58. The molecule has 0 radical (unpaired) electrons. The van der Waals surface area contributed by atoms with E-state index in [1.165, 1.54) is 12.8 Å². The number of nitrogen functional groups attached to an aromatic ring is 1. The molecule has 16 heavy (non-hydrogen) atoms. The fourth-order valence-corrected chi connectivity index (χ4v) is 2.08. The van der Waals surface area contributed by atoms with Crippen molar-refractivity contribution in [3.63, 3.8) is 0 Å². The lowest BCUT2D eigenvalue weighted by Crippen LogP contribution is -2.30. The van der Waals surface area contributed by atoms with Gasteiger partial charge in [0, 0.05) is 23.8 Å². The monoisotopic (exact) mass is 220 g/mol. The van der Waals surface area contributed by atoms with Crippen LogP contribution in [0.1, 0.15) is 25.3 Å². The Balaban J connectivity index is 2.04. The van der Waals surface area contributed by atoms with Crippen LogP contribution in [0.4, 0.5) is 5.69 Å². The minimum absolute atomic E-state index is 0.337. The van der Waals surface area contributed by atoms with Gasteiger partial charge in [-0.15, -0.1) is 0 Å². The molecule has 0 aliphatic heterocycles. The molecule has 1 aromatic rings. The van der Waals surface area contributed by atoms with Crippen molar-refractivity contribution >= 4 is 5.69 Å². The van der Waals surface area contributed by atoms with E-state index in [9.17, 15) is 5.11 Å². The van der Waals surface area contributed by atoms with Crippen LogP contribution in [0.2, 0.25) is 0 Å². The Morgan fingerprint density at radius 1 is 1.50 bits per heavy atom. The van der Waals surface area contributed by atoms with Crippen LogP contribution in [-0.2, 0) is 6.54 Å². The van der Waals surface area contributed by atoms with Crippen molar-refractivity contribution < 1.29 is 5.11 Å². The van der Waals surface area contributed by atoms with Crippen LogP contribution in [0, 0.1) is 5.92 Å². The summed E-state index contributed by atoms with van der Waals surface area (Å²) < 4.78 is 0. The third kappa shape index (κ3) is 2.47. The van der Waals surface area contributed by atoms with E-state index in [2.05, 4.69) is 18.9 Å². The molecule has 0 spiro atoms. The van der Waals surface area contributed by atoms with Crippen LogP contribution in [-0.4, -0.2) is 23.1 Å². The molecule has 0 bridgehead atoms. The molecule has 1 aliphatic rings. The van der Waals surface area contributed by atoms with Gasteiger partial charge in [0.15, 0.2) is 0 Å². The summed E-state index contributed by atoms with van der Waals surface area (Å²) in [5.74, 6) is 1.18. The van der Waals surface area contributed by atoms with Crippen molar-refractivity contribution in [1.82, 2.24) is 4.90 Å². The summed E-state index contributed by atoms with van der Waals surface area (Å²) in [6.45, 7) is 3.01. The highest BCUT2D eigenvalue weighted by Crippen LogP contribution is 2.35. The van der Waals surface area contributed by atoms with E-state index < -0.39 is 0 Å². The van der Waals surface area contributed by atoms with E-state index in [1.807, 2.05) is 6.07 Å². The second-order valence-corrected chi connectivity index (χ2v) is 4.88. The average Bonchev–Trinajstić information content (AvgIpc) is 3.06. The zero-order chi connectivity index (χ0) is 11.7. The van der Waals surface area contributed by atoms with Crippen LogP contribution in [0.3, 0.4) is 0 Å². The van der Waals surface area contributed by atoms with E-state index in [1.54, 1.807) is 12.1 Å². The second kappa shape index (κ2) is 4.34. The standard InChI is InChI=1S/C13H20N2O/c1-9(10-3-4-10)15(2)8-11-7-12(14)5-6-13(11)16/h5-7,9-10,16H,3-4,8,14H2,1-2H3. The molecular formula is C13H20N2O. The van der Waals surface area contributed by atoms with E-state index in [0.717, 1.165) is 18.0 Å². The van der Waals surface area contributed by atoms with E-state index >= 15 is 0 Å². The number of phenolic OH excluding ortho intramolecular Hbond substituents is 1. The van der Waals surface area contributed by atoms with E-state index in [0.29, 0.717) is 17.5 Å². The van der Waals surface area contributed by atoms with Crippen molar-refractivity contribution in [1.29, 1.82) is 0 Å². The lowest BCUT2D eigenvalue weighted by atomic mass is 10.1. The fraction of sp³-hybridized carbons (Fsp3) is 0.538. The molecule has 3 N–H and O–H groups in total. The van der Waals surface area contributed by atoms with E-state index in [-0.39, 0.29) is 0 Å². The van der Waals surface area contributed by atoms with Crippen molar-refractivity contribution in [2.24, 2.45) is 5.92 Å². The van der Waals surface area contributed by atoms with Gasteiger partial charge in [-0.1, -0.05) is 0 Å². The highest BCUT2D eigenvalue weighted by atomic mass is 16.3. The summed E-state index contributed by atoms with van der Waals surface area (Å²) in [5, 5.41) is 9.74. The first-order valence-electron chi connectivity index (χ1n) is 5.85. The maximum absolute atomic E-state index is 9.74. The molecule has 0 saturated heterocycles. The molecule has 1 fully saturated rings. The number of hydrogen-bond acceptors (Lipinski definition) is 3. The Morgan fingerprint density at radius 2 is 2.19 bits per heavy atom. The Hall–Kier alpha value is -1.22. The van der Waals surface area contributed by atoms with Gasteiger partial charge in [0.1, 0.15) is 5.75 Å². The highest BCUT2D eigenvalue weighted by Gasteiger charge is 2.30. The molecule has 1 aliphatic carbocycles. The predicted octanol–water partition coefficient (Wildman–Crippen LogP) is 2.20. The van der Waals surface area contributed by atoms with Crippen LogP contribution >= 0.6 is 0 Å². The fourth-order valence-electron chi connectivity index (χ4n) is 2.08.